The first-order chi connectivity index (χ1) is 11.3. The number of amides is 2. The number of hydrogen-bond acceptors (Lipinski definition) is 3. The average molecular weight is 332 g/mol. The number of hydrogen-bond donors (Lipinski definition) is 1. The SMILES string of the molecule is CN(CC(C)(C)O)C(=O)C1CCCN(C(=O)Cc2ccccc2)C1. The molecule has 1 fully saturated rings. The van der Waals surface area contributed by atoms with E-state index in [0.29, 0.717) is 26.1 Å². The molecule has 1 atom stereocenters. The van der Waals surface area contributed by atoms with Crippen molar-refractivity contribution in [2.75, 3.05) is 26.7 Å². The minimum atomic E-state index is -0.915. The smallest absolute Gasteiger partial charge is 0.227 e. The van der Waals surface area contributed by atoms with Gasteiger partial charge in [-0.3, -0.25) is 9.59 Å². The Bertz CT molecular complexity index is 566. The van der Waals surface area contributed by atoms with Gasteiger partial charge in [0.05, 0.1) is 17.9 Å². The summed E-state index contributed by atoms with van der Waals surface area (Å²) < 4.78 is 0. The number of rotatable bonds is 5. The summed E-state index contributed by atoms with van der Waals surface area (Å²) in [5.74, 6) is -0.0935. The van der Waals surface area contributed by atoms with Crippen molar-refractivity contribution in [2.45, 2.75) is 38.7 Å². The average Bonchev–Trinajstić information content (AvgIpc) is 2.53. The predicted octanol–water partition coefficient (Wildman–Crippen LogP) is 1.70. The van der Waals surface area contributed by atoms with E-state index in [1.54, 1.807) is 30.7 Å². The molecule has 5 nitrogen and oxygen atoms in total. The monoisotopic (exact) mass is 332 g/mol. The van der Waals surface area contributed by atoms with Crippen molar-refractivity contribution in [3.05, 3.63) is 35.9 Å². The van der Waals surface area contributed by atoms with E-state index in [0.717, 1.165) is 18.4 Å². The Morgan fingerprint density at radius 2 is 1.96 bits per heavy atom. The van der Waals surface area contributed by atoms with Crippen LogP contribution >= 0.6 is 0 Å². The lowest BCUT2D eigenvalue weighted by Crippen LogP contribution is -2.48. The van der Waals surface area contributed by atoms with Crippen molar-refractivity contribution >= 4 is 11.8 Å². The topological polar surface area (TPSA) is 60.9 Å². The molecule has 132 valence electrons. The molecule has 2 rings (SSSR count). The van der Waals surface area contributed by atoms with Crippen molar-refractivity contribution in [1.82, 2.24) is 9.80 Å². The molecule has 1 aliphatic rings. The molecule has 0 bridgehead atoms. The molecule has 5 heteroatoms. The molecule has 2 amide bonds. The molecule has 0 radical (unpaired) electrons. The largest absolute Gasteiger partial charge is 0.389 e. The van der Waals surface area contributed by atoms with Crippen LogP contribution in [0.1, 0.15) is 32.3 Å². The van der Waals surface area contributed by atoms with Crippen LogP contribution in [0, 0.1) is 5.92 Å². The van der Waals surface area contributed by atoms with E-state index in [-0.39, 0.29) is 17.7 Å². The number of carbonyl (C=O) groups is 2. The minimum absolute atomic E-state index is 0.00864. The van der Waals surface area contributed by atoms with E-state index in [1.165, 1.54) is 0 Å². The van der Waals surface area contributed by atoms with Gasteiger partial charge in [-0.25, -0.2) is 0 Å². The zero-order valence-corrected chi connectivity index (χ0v) is 14.9. The highest BCUT2D eigenvalue weighted by molar-refractivity contribution is 5.82. The zero-order valence-electron chi connectivity index (χ0n) is 14.9. The van der Waals surface area contributed by atoms with E-state index < -0.39 is 5.60 Å². The summed E-state index contributed by atoms with van der Waals surface area (Å²) in [7, 11) is 1.71. The van der Waals surface area contributed by atoms with Crippen molar-refractivity contribution in [1.29, 1.82) is 0 Å². The molecule has 1 heterocycles. The van der Waals surface area contributed by atoms with Crippen LogP contribution in [0.4, 0.5) is 0 Å². The van der Waals surface area contributed by atoms with E-state index in [4.69, 9.17) is 0 Å². The molecule has 0 aromatic heterocycles. The highest BCUT2D eigenvalue weighted by Gasteiger charge is 2.31. The molecule has 1 aromatic rings. The Morgan fingerprint density at radius 1 is 1.29 bits per heavy atom. The molecule has 1 saturated heterocycles. The van der Waals surface area contributed by atoms with Gasteiger partial charge in [0.15, 0.2) is 0 Å². The molecule has 0 spiro atoms. The van der Waals surface area contributed by atoms with Crippen molar-refractivity contribution in [3.8, 4) is 0 Å². The highest BCUT2D eigenvalue weighted by atomic mass is 16.3. The third-order valence-corrected chi connectivity index (χ3v) is 4.32. The molecule has 1 N–H and O–H groups in total. The maximum atomic E-state index is 12.6. The van der Waals surface area contributed by atoms with Gasteiger partial charge in [0.2, 0.25) is 11.8 Å². The summed E-state index contributed by atoms with van der Waals surface area (Å²) in [5.41, 5.74) is 0.0807. The van der Waals surface area contributed by atoms with Gasteiger partial charge >= 0.3 is 0 Å². The summed E-state index contributed by atoms with van der Waals surface area (Å²) in [6.07, 6.45) is 2.01. The quantitative estimate of drug-likeness (QED) is 0.893. The Labute approximate surface area is 144 Å². The first-order valence-corrected chi connectivity index (χ1v) is 8.55. The fourth-order valence-electron chi connectivity index (χ4n) is 3.26. The molecule has 0 saturated carbocycles. The number of piperidine rings is 1. The molecular formula is C19H28N2O3. The lowest BCUT2D eigenvalue weighted by Gasteiger charge is -2.35. The summed E-state index contributed by atoms with van der Waals surface area (Å²) in [6.45, 7) is 4.85. The molecule has 24 heavy (non-hydrogen) atoms. The molecule has 0 aliphatic carbocycles. The van der Waals surface area contributed by atoms with Gasteiger partial charge in [-0.1, -0.05) is 30.3 Å². The lowest BCUT2D eigenvalue weighted by molar-refractivity contribution is -0.141. The Hall–Kier alpha value is -1.88. The second kappa shape index (κ2) is 7.79. The number of nitrogens with zero attached hydrogens (tertiary/aromatic N) is 2. The summed E-state index contributed by atoms with van der Waals surface area (Å²) >= 11 is 0. The Kier molecular flexibility index (Phi) is 5.99. The minimum Gasteiger partial charge on any atom is -0.389 e. The Morgan fingerprint density at radius 3 is 2.58 bits per heavy atom. The van der Waals surface area contributed by atoms with Gasteiger partial charge in [0.25, 0.3) is 0 Å². The molecule has 1 aromatic carbocycles. The maximum Gasteiger partial charge on any atom is 0.227 e. The molecule has 1 aliphatic heterocycles. The van der Waals surface area contributed by atoms with Crippen LogP contribution in [-0.2, 0) is 16.0 Å². The van der Waals surface area contributed by atoms with Crippen LogP contribution in [0.15, 0.2) is 30.3 Å². The summed E-state index contributed by atoms with van der Waals surface area (Å²) in [5, 5.41) is 9.88. The van der Waals surface area contributed by atoms with E-state index in [9.17, 15) is 14.7 Å². The standard InChI is InChI=1S/C19H28N2O3/c1-19(2,24)14-20(3)18(23)16-10-7-11-21(13-16)17(22)12-15-8-5-4-6-9-15/h4-6,8-9,16,24H,7,10-14H2,1-3H3. The van der Waals surface area contributed by atoms with Crippen LogP contribution in [-0.4, -0.2) is 59.0 Å². The van der Waals surface area contributed by atoms with Crippen LogP contribution < -0.4 is 0 Å². The van der Waals surface area contributed by atoms with Gasteiger partial charge in [-0.05, 0) is 32.3 Å². The van der Waals surface area contributed by atoms with Crippen LogP contribution in [0.5, 0.6) is 0 Å². The lowest BCUT2D eigenvalue weighted by atomic mass is 9.95. The van der Waals surface area contributed by atoms with Crippen molar-refractivity contribution in [2.24, 2.45) is 5.92 Å². The highest BCUT2D eigenvalue weighted by Crippen LogP contribution is 2.20. The van der Waals surface area contributed by atoms with Crippen LogP contribution in [0.25, 0.3) is 0 Å². The Balaban J connectivity index is 1.93. The van der Waals surface area contributed by atoms with E-state index in [1.807, 2.05) is 30.3 Å². The first-order valence-electron chi connectivity index (χ1n) is 8.55. The van der Waals surface area contributed by atoms with Crippen molar-refractivity contribution < 1.29 is 14.7 Å². The fourth-order valence-corrected chi connectivity index (χ4v) is 3.26. The number of carbonyl (C=O) groups excluding carboxylic acids is 2. The van der Waals surface area contributed by atoms with Gasteiger partial charge in [-0.2, -0.15) is 0 Å². The molecule has 1 unspecified atom stereocenters. The second-order valence-corrected chi connectivity index (χ2v) is 7.35. The van der Waals surface area contributed by atoms with Gasteiger partial charge < -0.3 is 14.9 Å². The van der Waals surface area contributed by atoms with Crippen LogP contribution in [0.2, 0.25) is 0 Å². The maximum absolute atomic E-state index is 12.6. The third-order valence-electron chi connectivity index (χ3n) is 4.32. The van der Waals surface area contributed by atoms with Gasteiger partial charge in [0.1, 0.15) is 0 Å². The van der Waals surface area contributed by atoms with E-state index in [2.05, 4.69) is 0 Å². The number of benzene rings is 1. The zero-order chi connectivity index (χ0) is 17.7. The summed E-state index contributed by atoms with van der Waals surface area (Å²) in [4.78, 5) is 28.5. The number of aliphatic hydroxyl groups is 1. The summed E-state index contributed by atoms with van der Waals surface area (Å²) in [6, 6.07) is 9.68. The predicted molar refractivity (Wildman–Crippen MR) is 93.4 cm³/mol. The van der Waals surface area contributed by atoms with Gasteiger partial charge in [-0.15, -0.1) is 0 Å². The van der Waals surface area contributed by atoms with Crippen molar-refractivity contribution in [3.63, 3.8) is 0 Å². The molecular weight excluding hydrogens is 304 g/mol. The van der Waals surface area contributed by atoms with E-state index >= 15 is 0 Å². The fraction of sp³-hybridized carbons (Fsp3) is 0.579. The van der Waals surface area contributed by atoms with Crippen LogP contribution in [0.3, 0.4) is 0 Å². The normalized spacial score (nSPS) is 18.3. The third kappa shape index (κ3) is 5.34. The number of likely N-dealkylation sites (tertiary alicyclic amines) is 1. The van der Waals surface area contributed by atoms with Gasteiger partial charge in [0, 0.05) is 26.7 Å². The first kappa shape index (κ1) is 18.5. The number of likely N-dealkylation sites (N-methyl/N-ethyl adjacent to an activating group) is 1. The second-order valence-electron chi connectivity index (χ2n) is 7.35.